The summed E-state index contributed by atoms with van der Waals surface area (Å²) in [5.41, 5.74) is 15.3. The minimum Gasteiger partial charge on any atom is -0.399 e. The van der Waals surface area contributed by atoms with Gasteiger partial charge in [-0.25, -0.2) is 0 Å². The third-order valence-corrected chi connectivity index (χ3v) is 2.98. The zero-order valence-electron chi connectivity index (χ0n) is 13.0. The highest BCUT2D eigenvalue weighted by Gasteiger charge is 2.04. The molecule has 0 saturated carbocycles. The van der Waals surface area contributed by atoms with Crippen LogP contribution in [0.4, 0.5) is 22.7 Å². The summed E-state index contributed by atoms with van der Waals surface area (Å²) < 4.78 is 5.67. The quantitative estimate of drug-likeness (QED) is 0.610. The van der Waals surface area contributed by atoms with Gasteiger partial charge in [0.2, 0.25) is 0 Å². The van der Waals surface area contributed by atoms with Gasteiger partial charge < -0.3 is 16.2 Å². The van der Waals surface area contributed by atoms with Crippen molar-refractivity contribution in [2.75, 3.05) is 18.1 Å². The van der Waals surface area contributed by atoms with E-state index in [9.17, 15) is 0 Å². The molecule has 0 unspecified atom stereocenters. The van der Waals surface area contributed by atoms with E-state index in [1.54, 1.807) is 12.1 Å². The Bertz CT molecular complexity index is 636. The van der Waals surface area contributed by atoms with Gasteiger partial charge in [0.1, 0.15) is 0 Å². The van der Waals surface area contributed by atoms with Crippen molar-refractivity contribution in [3.05, 3.63) is 48.0 Å². The Hall–Kier alpha value is -2.40. The van der Waals surface area contributed by atoms with E-state index in [2.05, 4.69) is 24.1 Å². The molecule has 0 saturated heterocycles. The smallest absolute Gasteiger partial charge is 0.0913 e. The Morgan fingerprint density at radius 3 is 2.32 bits per heavy atom. The molecule has 0 atom stereocenters. The fourth-order valence-electron chi connectivity index (χ4n) is 1.88. The summed E-state index contributed by atoms with van der Waals surface area (Å²) in [6.45, 7) is 5.39. The highest BCUT2D eigenvalue weighted by Crippen LogP contribution is 2.25. The number of hydrogen-bond acceptors (Lipinski definition) is 5. The minimum atomic E-state index is 0.472. The molecule has 5 heteroatoms. The molecule has 0 fully saturated rings. The standard InChI is InChI=1S/C17H22N4O/c1-12(2)10-22-11-13-9-15(19)5-8-17(13)21-20-16-6-3-14(18)4-7-16/h3-9,12H,10-11,18-19H2,1-2H3. The summed E-state index contributed by atoms with van der Waals surface area (Å²) in [7, 11) is 0. The maximum absolute atomic E-state index is 5.84. The van der Waals surface area contributed by atoms with Crippen molar-refractivity contribution in [1.29, 1.82) is 0 Å². The van der Waals surface area contributed by atoms with Crippen molar-refractivity contribution in [3.63, 3.8) is 0 Å². The third-order valence-electron chi connectivity index (χ3n) is 2.98. The lowest BCUT2D eigenvalue weighted by atomic mass is 10.1. The molecule has 0 amide bonds. The maximum atomic E-state index is 5.84. The van der Waals surface area contributed by atoms with E-state index in [1.807, 2.05) is 30.3 Å². The summed E-state index contributed by atoms with van der Waals surface area (Å²) in [6.07, 6.45) is 0. The number of hydrogen-bond donors (Lipinski definition) is 2. The molecule has 0 aromatic heterocycles. The summed E-state index contributed by atoms with van der Waals surface area (Å²) in [5, 5.41) is 8.52. The van der Waals surface area contributed by atoms with Crippen LogP contribution < -0.4 is 11.5 Å². The molecule has 116 valence electrons. The average Bonchev–Trinajstić information content (AvgIpc) is 2.48. The number of azo groups is 1. The number of anilines is 2. The van der Waals surface area contributed by atoms with Gasteiger partial charge in [0, 0.05) is 23.5 Å². The zero-order chi connectivity index (χ0) is 15.9. The van der Waals surface area contributed by atoms with E-state index in [4.69, 9.17) is 16.2 Å². The molecule has 2 aromatic rings. The summed E-state index contributed by atoms with van der Waals surface area (Å²) >= 11 is 0. The van der Waals surface area contributed by atoms with Gasteiger partial charge in [0.15, 0.2) is 0 Å². The molecule has 0 heterocycles. The Morgan fingerprint density at radius 1 is 0.955 bits per heavy atom. The van der Waals surface area contributed by atoms with Gasteiger partial charge in [-0.3, -0.25) is 0 Å². The normalized spacial score (nSPS) is 11.4. The number of nitrogen functional groups attached to an aromatic ring is 2. The maximum Gasteiger partial charge on any atom is 0.0913 e. The molecule has 0 aliphatic carbocycles. The molecule has 5 nitrogen and oxygen atoms in total. The first kappa shape index (κ1) is 16.0. The SMILES string of the molecule is CC(C)COCc1cc(N)ccc1N=Nc1ccc(N)cc1. The van der Waals surface area contributed by atoms with E-state index < -0.39 is 0 Å². The molecule has 2 rings (SSSR count). The second-order valence-electron chi connectivity index (χ2n) is 5.59. The third kappa shape index (κ3) is 4.86. The summed E-state index contributed by atoms with van der Waals surface area (Å²) in [5.74, 6) is 0.487. The number of rotatable bonds is 6. The molecule has 2 aromatic carbocycles. The van der Waals surface area contributed by atoms with Crippen LogP contribution in [-0.4, -0.2) is 6.61 Å². The molecule has 0 aliphatic heterocycles. The summed E-state index contributed by atoms with van der Waals surface area (Å²) in [6, 6.07) is 12.8. The van der Waals surface area contributed by atoms with Gasteiger partial charge in [-0.1, -0.05) is 13.8 Å². The topological polar surface area (TPSA) is 86.0 Å². The van der Waals surface area contributed by atoms with Crippen LogP contribution in [0.2, 0.25) is 0 Å². The highest BCUT2D eigenvalue weighted by molar-refractivity contribution is 5.55. The molecule has 0 bridgehead atoms. The largest absolute Gasteiger partial charge is 0.399 e. The van der Waals surface area contributed by atoms with Gasteiger partial charge >= 0.3 is 0 Å². The van der Waals surface area contributed by atoms with Crippen molar-refractivity contribution >= 4 is 22.7 Å². The molecule has 0 radical (unpaired) electrons. The van der Waals surface area contributed by atoms with E-state index in [-0.39, 0.29) is 0 Å². The van der Waals surface area contributed by atoms with E-state index in [0.717, 1.165) is 16.9 Å². The first-order chi connectivity index (χ1) is 10.5. The number of benzene rings is 2. The minimum absolute atomic E-state index is 0.472. The molecule has 0 spiro atoms. The average molecular weight is 298 g/mol. The van der Waals surface area contributed by atoms with Crippen LogP contribution in [0.15, 0.2) is 52.7 Å². The van der Waals surface area contributed by atoms with Crippen molar-refractivity contribution < 1.29 is 4.74 Å². The van der Waals surface area contributed by atoms with Crippen LogP contribution >= 0.6 is 0 Å². The molecular formula is C17H22N4O. The van der Waals surface area contributed by atoms with Crippen molar-refractivity contribution in [2.45, 2.75) is 20.5 Å². The Morgan fingerprint density at radius 2 is 1.64 bits per heavy atom. The van der Waals surface area contributed by atoms with E-state index in [1.165, 1.54) is 0 Å². The molecule has 4 N–H and O–H groups in total. The van der Waals surface area contributed by atoms with Crippen LogP contribution in [0, 0.1) is 5.92 Å². The predicted octanol–water partition coefficient (Wildman–Crippen LogP) is 4.44. The number of nitrogens with zero attached hydrogens (tertiary/aromatic N) is 2. The fraction of sp³-hybridized carbons (Fsp3) is 0.294. The van der Waals surface area contributed by atoms with Gasteiger partial charge in [-0.05, 0) is 48.4 Å². The van der Waals surface area contributed by atoms with Crippen LogP contribution in [-0.2, 0) is 11.3 Å². The highest BCUT2D eigenvalue weighted by atomic mass is 16.5. The molecule has 0 aliphatic rings. The monoisotopic (exact) mass is 298 g/mol. The van der Waals surface area contributed by atoms with Crippen molar-refractivity contribution in [1.82, 2.24) is 0 Å². The zero-order valence-corrected chi connectivity index (χ0v) is 13.0. The Labute approximate surface area is 131 Å². The van der Waals surface area contributed by atoms with E-state index >= 15 is 0 Å². The number of ether oxygens (including phenoxy) is 1. The van der Waals surface area contributed by atoms with Crippen LogP contribution in [0.1, 0.15) is 19.4 Å². The fourth-order valence-corrected chi connectivity index (χ4v) is 1.88. The van der Waals surface area contributed by atoms with Crippen LogP contribution in [0.5, 0.6) is 0 Å². The van der Waals surface area contributed by atoms with Crippen LogP contribution in [0.3, 0.4) is 0 Å². The van der Waals surface area contributed by atoms with Crippen molar-refractivity contribution in [3.8, 4) is 0 Å². The lowest BCUT2D eigenvalue weighted by molar-refractivity contribution is 0.0974. The summed E-state index contributed by atoms with van der Waals surface area (Å²) in [4.78, 5) is 0. The second-order valence-corrected chi connectivity index (χ2v) is 5.59. The molecule has 22 heavy (non-hydrogen) atoms. The second kappa shape index (κ2) is 7.56. The number of nitrogens with two attached hydrogens (primary N) is 2. The Balaban J connectivity index is 2.13. The molecular weight excluding hydrogens is 276 g/mol. The van der Waals surface area contributed by atoms with Gasteiger partial charge in [0.25, 0.3) is 0 Å². The van der Waals surface area contributed by atoms with Crippen molar-refractivity contribution in [2.24, 2.45) is 16.1 Å². The van der Waals surface area contributed by atoms with Crippen LogP contribution in [0.25, 0.3) is 0 Å². The van der Waals surface area contributed by atoms with E-state index in [0.29, 0.717) is 30.5 Å². The lowest BCUT2D eigenvalue weighted by Crippen LogP contribution is -2.02. The lowest BCUT2D eigenvalue weighted by Gasteiger charge is -2.09. The Kier molecular flexibility index (Phi) is 5.49. The van der Waals surface area contributed by atoms with Gasteiger partial charge in [0.05, 0.1) is 18.0 Å². The first-order valence-corrected chi connectivity index (χ1v) is 7.28. The van der Waals surface area contributed by atoms with Gasteiger partial charge in [-0.15, -0.1) is 0 Å². The predicted molar refractivity (Wildman–Crippen MR) is 90.4 cm³/mol. The van der Waals surface area contributed by atoms with Gasteiger partial charge in [-0.2, -0.15) is 10.2 Å². The first-order valence-electron chi connectivity index (χ1n) is 7.28.